The molecule has 2 aromatic rings. The normalized spacial score (nSPS) is 10.3. The van der Waals surface area contributed by atoms with E-state index in [2.05, 4.69) is 55.6 Å². The molecule has 0 aliphatic rings. The molecule has 0 unspecified atom stereocenters. The summed E-state index contributed by atoms with van der Waals surface area (Å²) in [6, 6.07) is 8.10. The van der Waals surface area contributed by atoms with Gasteiger partial charge in [0.2, 0.25) is 0 Å². The van der Waals surface area contributed by atoms with E-state index in [0.717, 1.165) is 34.8 Å². The number of aromatic nitrogens is 2. The molecule has 0 fully saturated rings. The van der Waals surface area contributed by atoms with Crippen LogP contribution in [0.25, 0.3) is 0 Å². The predicted octanol–water partition coefficient (Wildman–Crippen LogP) is 3.98. The van der Waals surface area contributed by atoms with Gasteiger partial charge in [-0.25, -0.2) is 9.97 Å². The minimum absolute atomic E-state index is 0.794. The Bertz CT molecular complexity index is 557. The van der Waals surface area contributed by atoms with Crippen LogP contribution in [0.2, 0.25) is 0 Å². The van der Waals surface area contributed by atoms with Crippen molar-refractivity contribution in [2.45, 2.75) is 20.3 Å². The predicted molar refractivity (Wildman–Crippen MR) is 83.0 cm³/mol. The van der Waals surface area contributed by atoms with Gasteiger partial charge in [-0.15, -0.1) is 0 Å². The highest BCUT2D eigenvalue weighted by molar-refractivity contribution is 9.10. The minimum Gasteiger partial charge on any atom is -0.370 e. The van der Waals surface area contributed by atoms with Gasteiger partial charge in [0, 0.05) is 22.8 Å². The van der Waals surface area contributed by atoms with Gasteiger partial charge >= 0.3 is 0 Å². The summed E-state index contributed by atoms with van der Waals surface area (Å²) in [4.78, 5) is 8.40. The zero-order valence-electron chi connectivity index (χ0n) is 11.1. The van der Waals surface area contributed by atoms with Gasteiger partial charge in [0.25, 0.3) is 0 Å². The van der Waals surface area contributed by atoms with Crippen molar-refractivity contribution in [2.24, 2.45) is 0 Å². The molecular formula is C14H17BrN4. The van der Waals surface area contributed by atoms with E-state index in [0.29, 0.717) is 0 Å². The summed E-state index contributed by atoms with van der Waals surface area (Å²) in [7, 11) is 0. The number of nitrogens with one attached hydrogen (secondary N) is 2. The van der Waals surface area contributed by atoms with E-state index in [-0.39, 0.29) is 0 Å². The minimum atomic E-state index is 0.794. The fraction of sp³-hybridized carbons (Fsp3) is 0.286. The molecule has 0 aliphatic carbocycles. The SMILES string of the molecule is CCNc1cc(Nc2ccc(Br)cc2CC)ncn1. The molecule has 0 radical (unpaired) electrons. The molecule has 0 aliphatic heterocycles. The first-order valence-electron chi connectivity index (χ1n) is 6.34. The summed E-state index contributed by atoms with van der Waals surface area (Å²) in [6.07, 6.45) is 2.53. The summed E-state index contributed by atoms with van der Waals surface area (Å²) >= 11 is 3.49. The van der Waals surface area contributed by atoms with E-state index in [1.54, 1.807) is 6.33 Å². The Labute approximate surface area is 121 Å². The Morgan fingerprint density at radius 2 is 1.89 bits per heavy atom. The first-order valence-corrected chi connectivity index (χ1v) is 7.13. The molecule has 0 saturated carbocycles. The quantitative estimate of drug-likeness (QED) is 0.875. The smallest absolute Gasteiger partial charge is 0.135 e. The second kappa shape index (κ2) is 6.52. The second-order valence-corrected chi connectivity index (χ2v) is 5.01. The Morgan fingerprint density at radius 1 is 1.11 bits per heavy atom. The molecule has 0 saturated heterocycles. The highest BCUT2D eigenvalue weighted by atomic mass is 79.9. The number of rotatable bonds is 5. The van der Waals surface area contributed by atoms with Crippen LogP contribution in [0.15, 0.2) is 35.1 Å². The van der Waals surface area contributed by atoms with Gasteiger partial charge in [0.15, 0.2) is 0 Å². The third-order valence-electron chi connectivity index (χ3n) is 2.74. The number of benzene rings is 1. The van der Waals surface area contributed by atoms with Gasteiger partial charge in [0.1, 0.15) is 18.0 Å². The van der Waals surface area contributed by atoms with Crippen molar-refractivity contribution >= 4 is 33.3 Å². The Hall–Kier alpha value is -1.62. The summed E-state index contributed by atoms with van der Waals surface area (Å²) in [5.41, 5.74) is 2.32. The maximum atomic E-state index is 4.24. The van der Waals surface area contributed by atoms with Crippen molar-refractivity contribution < 1.29 is 0 Å². The summed E-state index contributed by atoms with van der Waals surface area (Å²) in [5.74, 6) is 1.62. The molecule has 1 heterocycles. The summed E-state index contributed by atoms with van der Waals surface area (Å²) < 4.78 is 1.09. The van der Waals surface area contributed by atoms with Crippen LogP contribution in [0.5, 0.6) is 0 Å². The Morgan fingerprint density at radius 3 is 2.63 bits per heavy atom. The average molecular weight is 321 g/mol. The summed E-state index contributed by atoms with van der Waals surface area (Å²) in [5, 5.41) is 6.51. The maximum absolute atomic E-state index is 4.24. The van der Waals surface area contributed by atoms with Crippen LogP contribution in [0.3, 0.4) is 0 Å². The van der Waals surface area contributed by atoms with E-state index < -0.39 is 0 Å². The number of anilines is 3. The van der Waals surface area contributed by atoms with Crippen LogP contribution in [0, 0.1) is 0 Å². The highest BCUT2D eigenvalue weighted by Crippen LogP contribution is 2.24. The number of aryl methyl sites for hydroxylation is 1. The van der Waals surface area contributed by atoms with E-state index >= 15 is 0 Å². The fourth-order valence-corrected chi connectivity index (χ4v) is 2.23. The van der Waals surface area contributed by atoms with Crippen LogP contribution < -0.4 is 10.6 Å². The maximum Gasteiger partial charge on any atom is 0.135 e. The fourth-order valence-electron chi connectivity index (χ4n) is 1.82. The standard InChI is InChI=1S/C14H17BrN4/c1-3-10-7-11(15)5-6-12(10)19-14-8-13(16-4-2)17-9-18-14/h5-9H,3-4H2,1-2H3,(H2,16,17,18,19). The first-order chi connectivity index (χ1) is 9.22. The van der Waals surface area contributed by atoms with Gasteiger partial charge < -0.3 is 10.6 Å². The average Bonchev–Trinajstić information content (AvgIpc) is 2.41. The molecule has 4 nitrogen and oxygen atoms in total. The lowest BCUT2D eigenvalue weighted by atomic mass is 10.1. The topological polar surface area (TPSA) is 49.8 Å². The molecule has 0 bridgehead atoms. The van der Waals surface area contributed by atoms with Crippen molar-refractivity contribution in [1.82, 2.24) is 9.97 Å². The zero-order chi connectivity index (χ0) is 13.7. The first kappa shape index (κ1) is 13.8. The van der Waals surface area contributed by atoms with Crippen LogP contribution in [-0.4, -0.2) is 16.5 Å². The third kappa shape index (κ3) is 3.67. The van der Waals surface area contributed by atoms with Crippen molar-refractivity contribution in [1.29, 1.82) is 0 Å². The summed E-state index contributed by atoms with van der Waals surface area (Å²) in [6.45, 7) is 5.02. The van der Waals surface area contributed by atoms with Crippen LogP contribution in [0.1, 0.15) is 19.4 Å². The zero-order valence-corrected chi connectivity index (χ0v) is 12.7. The van der Waals surface area contributed by atoms with Gasteiger partial charge in [-0.1, -0.05) is 22.9 Å². The van der Waals surface area contributed by atoms with Crippen LogP contribution in [0.4, 0.5) is 17.3 Å². The molecule has 1 aromatic carbocycles. The van der Waals surface area contributed by atoms with Crippen molar-refractivity contribution in [3.63, 3.8) is 0 Å². The molecule has 2 rings (SSSR count). The highest BCUT2D eigenvalue weighted by Gasteiger charge is 2.04. The van der Waals surface area contributed by atoms with E-state index in [1.807, 2.05) is 19.1 Å². The number of nitrogens with zero attached hydrogens (tertiary/aromatic N) is 2. The van der Waals surface area contributed by atoms with Gasteiger partial charge in [-0.05, 0) is 37.1 Å². The second-order valence-electron chi connectivity index (χ2n) is 4.10. The van der Waals surface area contributed by atoms with Crippen LogP contribution >= 0.6 is 15.9 Å². The van der Waals surface area contributed by atoms with Crippen molar-refractivity contribution in [3.8, 4) is 0 Å². The Kier molecular flexibility index (Phi) is 4.74. The third-order valence-corrected chi connectivity index (χ3v) is 3.23. The van der Waals surface area contributed by atoms with Gasteiger partial charge in [-0.2, -0.15) is 0 Å². The largest absolute Gasteiger partial charge is 0.370 e. The molecule has 100 valence electrons. The molecule has 0 spiro atoms. The molecular weight excluding hydrogens is 304 g/mol. The van der Waals surface area contributed by atoms with Crippen molar-refractivity contribution in [2.75, 3.05) is 17.2 Å². The molecule has 2 N–H and O–H groups in total. The molecule has 0 amide bonds. The van der Waals surface area contributed by atoms with Crippen LogP contribution in [-0.2, 0) is 6.42 Å². The van der Waals surface area contributed by atoms with E-state index in [9.17, 15) is 0 Å². The van der Waals surface area contributed by atoms with E-state index in [4.69, 9.17) is 0 Å². The van der Waals surface area contributed by atoms with Gasteiger partial charge in [0.05, 0.1) is 0 Å². The van der Waals surface area contributed by atoms with E-state index in [1.165, 1.54) is 5.56 Å². The molecule has 1 aromatic heterocycles. The monoisotopic (exact) mass is 320 g/mol. The molecule has 19 heavy (non-hydrogen) atoms. The molecule has 5 heteroatoms. The lowest BCUT2D eigenvalue weighted by molar-refractivity contribution is 1.10. The number of hydrogen-bond acceptors (Lipinski definition) is 4. The Balaban J connectivity index is 2.23. The molecule has 0 atom stereocenters. The van der Waals surface area contributed by atoms with Crippen molar-refractivity contribution in [3.05, 3.63) is 40.6 Å². The lowest BCUT2D eigenvalue weighted by Gasteiger charge is -2.11. The number of halogens is 1. The lowest BCUT2D eigenvalue weighted by Crippen LogP contribution is -2.02. The number of hydrogen-bond donors (Lipinski definition) is 2. The van der Waals surface area contributed by atoms with Gasteiger partial charge in [-0.3, -0.25) is 0 Å².